The summed E-state index contributed by atoms with van der Waals surface area (Å²) in [5.74, 6) is -0.407. The van der Waals surface area contributed by atoms with Crippen LogP contribution in [0.25, 0.3) is 0 Å². The van der Waals surface area contributed by atoms with Crippen LogP contribution in [0.2, 0.25) is 0 Å². The highest BCUT2D eigenvalue weighted by Crippen LogP contribution is 1.68. The molecule has 0 unspecified atom stereocenters. The van der Waals surface area contributed by atoms with E-state index in [4.69, 9.17) is 10.9 Å². The molecule has 58 valence electrons. The van der Waals surface area contributed by atoms with Gasteiger partial charge in [-0.25, -0.2) is 0 Å². The van der Waals surface area contributed by atoms with Gasteiger partial charge in [0.2, 0.25) is 0 Å². The summed E-state index contributed by atoms with van der Waals surface area (Å²) in [7, 11) is 0. The minimum atomic E-state index is -0.407. The Morgan fingerprint density at radius 2 is 2.50 bits per heavy atom. The van der Waals surface area contributed by atoms with Crippen molar-refractivity contribution in [2.24, 2.45) is 10.9 Å². The molecule has 10 heavy (non-hydrogen) atoms. The molecular formula is C5H11N3O2. The van der Waals surface area contributed by atoms with Crippen LogP contribution in [0.1, 0.15) is 6.42 Å². The summed E-state index contributed by atoms with van der Waals surface area (Å²) in [5.41, 5.74) is 5.15. The number of rotatable bonds is 4. The van der Waals surface area contributed by atoms with E-state index in [1.54, 1.807) is 0 Å². The van der Waals surface area contributed by atoms with E-state index in [0.29, 0.717) is 13.1 Å². The van der Waals surface area contributed by atoms with Gasteiger partial charge < -0.3 is 16.3 Å². The number of nitrogens with zero attached hydrogens (tertiary/aromatic N) is 1. The van der Waals surface area contributed by atoms with Gasteiger partial charge in [0.25, 0.3) is 5.91 Å². The van der Waals surface area contributed by atoms with E-state index in [-0.39, 0.29) is 0 Å². The Balaban J connectivity index is 3.22. The zero-order valence-corrected chi connectivity index (χ0v) is 5.58. The molecule has 4 N–H and O–H groups in total. The molecule has 5 nitrogen and oxygen atoms in total. The second kappa shape index (κ2) is 6.03. The smallest absolute Gasteiger partial charge is 0.265 e. The van der Waals surface area contributed by atoms with Crippen molar-refractivity contribution in [3.8, 4) is 0 Å². The van der Waals surface area contributed by atoms with Crippen molar-refractivity contribution < 1.29 is 10.0 Å². The molecule has 0 fully saturated rings. The molecule has 0 aliphatic rings. The molecule has 1 amide bonds. The Hall–Kier alpha value is -1.10. The summed E-state index contributed by atoms with van der Waals surface area (Å²) in [6.45, 7) is 1.05. The average Bonchev–Trinajstić information content (AvgIpc) is 1.89. The lowest BCUT2D eigenvalue weighted by atomic mass is 10.4. The molecule has 0 rings (SSSR count). The van der Waals surface area contributed by atoms with Gasteiger partial charge in [-0.3, -0.25) is 4.79 Å². The van der Waals surface area contributed by atoms with Crippen LogP contribution in [0, 0.1) is 0 Å². The van der Waals surface area contributed by atoms with Crippen LogP contribution in [0.3, 0.4) is 0 Å². The van der Waals surface area contributed by atoms with E-state index in [1.165, 1.54) is 0 Å². The Morgan fingerprint density at radius 3 is 3.00 bits per heavy atom. The number of nitrogens with two attached hydrogens (primary N) is 1. The van der Waals surface area contributed by atoms with Gasteiger partial charge in [0, 0.05) is 6.54 Å². The summed E-state index contributed by atoms with van der Waals surface area (Å²) in [5, 5.41) is 12.9. The number of amides is 1. The van der Waals surface area contributed by atoms with Crippen molar-refractivity contribution in [1.82, 2.24) is 5.32 Å². The summed E-state index contributed by atoms with van der Waals surface area (Å²) < 4.78 is 0. The second-order valence-electron chi connectivity index (χ2n) is 1.68. The van der Waals surface area contributed by atoms with Crippen LogP contribution in [0.15, 0.2) is 5.16 Å². The van der Waals surface area contributed by atoms with Gasteiger partial charge >= 0.3 is 0 Å². The molecule has 0 aromatic rings. The Bertz CT molecular complexity index is 124. The maximum Gasteiger partial charge on any atom is 0.265 e. The van der Waals surface area contributed by atoms with E-state index >= 15 is 0 Å². The first-order chi connectivity index (χ1) is 4.81. The largest absolute Gasteiger partial charge is 0.411 e. The molecule has 0 aliphatic heterocycles. The van der Waals surface area contributed by atoms with Gasteiger partial charge in [0.15, 0.2) is 0 Å². The number of hydrogen-bond donors (Lipinski definition) is 3. The van der Waals surface area contributed by atoms with Gasteiger partial charge in [0.05, 0.1) is 0 Å². The third-order valence-corrected chi connectivity index (χ3v) is 0.855. The summed E-state index contributed by atoms with van der Waals surface area (Å²) in [4.78, 5) is 10.5. The molecule has 5 heteroatoms. The lowest BCUT2D eigenvalue weighted by Crippen LogP contribution is -2.26. The van der Waals surface area contributed by atoms with Crippen molar-refractivity contribution in [3.05, 3.63) is 0 Å². The third kappa shape index (κ3) is 5.04. The first-order valence-corrected chi connectivity index (χ1v) is 2.96. The minimum Gasteiger partial charge on any atom is -0.411 e. The van der Waals surface area contributed by atoms with Gasteiger partial charge in [-0.05, 0) is 13.0 Å². The maximum atomic E-state index is 10.5. The lowest BCUT2D eigenvalue weighted by molar-refractivity contribution is -0.114. The fourth-order valence-electron chi connectivity index (χ4n) is 0.412. The number of carbonyl (C=O) groups excluding carboxylic acids is 1. The SMILES string of the molecule is NCCCNC(=O)C=NO. The van der Waals surface area contributed by atoms with Gasteiger partial charge in [-0.1, -0.05) is 5.16 Å². The molecule has 0 spiro atoms. The maximum absolute atomic E-state index is 10.5. The molecule has 0 aromatic carbocycles. The van der Waals surface area contributed by atoms with Crippen LogP contribution < -0.4 is 11.1 Å². The van der Waals surface area contributed by atoms with Crippen LogP contribution >= 0.6 is 0 Å². The van der Waals surface area contributed by atoms with Crippen LogP contribution in [-0.2, 0) is 4.79 Å². The van der Waals surface area contributed by atoms with Gasteiger partial charge in [-0.15, -0.1) is 0 Å². The van der Waals surface area contributed by atoms with Gasteiger partial charge in [-0.2, -0.15) is 0 Å². The third-order valence-electron chi connectivity index (χ3n) is 0.855. The van der Waals surface area contributed by atoms with Crippen molar-refractivity contribution in [2.45, 2.75) is 6.42 Å². The molecule has 0 aliphatic carbocycles. The summed E-state index contributed by atoms with van der Waals surface area (Å²) >= 11 is 0. The van der Waals surface area contributed by atoms with Crippen LogP contribution in [0.5, 0.6) is 0 Å². The summed E-state index contributed by atoms with van der Waals surface area (Å²) in [6, 6.07) is 0. The van der Waals surface area contributed by atoms with E-state index in [9.17, 15) is 4.79 Å². The fourth-order valence-corrected chi connectivity index (χ4v) is 0.412. The molecule has 0 atom stereocenters. The van der Waals surface area contributed by atoms with E-state index < -0.39 is 5.91 Å². The molecule has 0 aromatic heterocycles. The average molecular weight is 145 g/mol. The van der Waals surface area contributed by atoms with E-state index in [2.05, 4.69) is 10.5 Å². The number of hydrogen-bond acceptors (Lipinski definition) is 4. The van der Waals surface area contributed by atoms with Gasteiger partial charge in [0.1, 0.15) is 6.21 Å². The standard InChI is InChI=1S/C5H11N3O2/c6-2-1-3-7-5(9)4-8-10/h4,10H,1-3,6H2,(H,7,9). The van der Waals surface area contributed by atoms with Crippen molar-refractivity contribution in [1.29, 1.82) is 0 Å². The zero-order chi connectivity index (χ0) is 7.82. The number of nitrogens with one attached hydrogen (secondary N) is 1. The minimum absolute atomic E-state index is 0.407. The zero-order valence-electron chi connectivity index (χ0n) is 5.58. The van der Waals surface area contributed by atoms with Crippen LogP contribution in [0.4, 0.5) is 0 Å². The number of oxime groups is 1. The van der Waals surface area contributed by atoms with Crippen molar-refractivity contribution >= 4 is 12.1 Å². The highest BCUT2D eigenvalue weighted by molar-refractivity contribution is 6.25. The topological polar surface area (TPSA) is 87.7 Å². The van der Waals surface area contributed by atoms with E-state index in [1.807, 2.05) is 0 Å². The highest BCUT2D eigenvalue weighted by atomic mass is 16.4. The molecule has 0 heterocycles. The van der Waals surface area contributed by atoms with Crippen molar-refractivity contribution in [2.75, 3.05) is 13.1 Å². The Labute approximate surface area is 58.9 Å². The van der Waals surface area contributed by atoms with Crippen LogP contribution in [-0.4, -0.2) is 30.4 Å². The molecular weight excluding hydrogens is 134 g/mol. The molecule has 0 saturated heterocycles. The Morgan fingerprint density at radius 1 is 1.80 bits per heavy atom. The Kier molecular flexibility index (Phi) is 5.36. The second-order valence-corrected chi connectivity index (χ2v) is 1.68. The van der Waals surface area contributed by atoms with E-state index in [0.717, 1.165) is 12.6 Å². The highest BCUT2D eigenvalue weighted by Gasteiger charge is 1.92. The van der Waals surface area contributed by atoms with Crippen molar-refractivity contribution in [3.63, 3.8) is 0 Å². The molecule has 0 radical (unpaired) electrons. The lowest BCUT2D eigenvalue weighted by Gasteiger charge is -1.96. The summed E-state index contributed by atoms with van der Waals surface area (Å²) in [6.07, 6.45) is 1.53. The first kappa shape index (κ1) is 8.90. The predicted octanol–water partition coefficient (Wildman–Crippen LogP) is -1.09. The monoisotopic (exact) mass is 145 g/mol. The first-order valence-electron chi connectivity index (χ1n) is 2.96. The fraction of sp³-hybridized carbons (Fsp3) is 0.600. The number of carbonyl (C=O) groups is 1. The molecule has 0 saturated carbocycles. The predicted molar refractivity (Wildman–Crippen MR) is 37.0 cm³/mol. The normalized spacial score (nSPS) is 10.1. The molecule has 0 bridgehead atoms. The quantitative estimate of drug-likeness (QED) is 0.203.